The number of aromatic carboxylic acids is 1. The summed E-state index contributed by atoms with van der Waals surface area (Å²) in [6.45, 7) is 0. The van der Waals surface area contributed by atoms with Crippen LogP contribution >= 0.6 is 27.5 Å². The maximum Gasteiger partial charge on any atom is 0.339 e. The number of carboxylic acids is 1. The molecule has 0 aliphatic carbocycles. The number of hydrogen-bond acceptors (Lipinski definition) is 3. The summed E-state index contributed by atoms with van der Waals surface area (Å²) in [6.07, 6.45) is 2.83. The smallest absolute Gasteiger partial charge is 0.339 e. The molecule has 0 fully saturated rings. The minimum Gasteiger partial charge on any atom is -0.478 e. The van der Waals surface area contributed by atoms with Gasteiger partial charge in [-0.25, -0.2) is 4.79 Å². The fourth-order valence-electron chi connectivity index (χ4n) is 1.40. The van der Waals surface area contributed by atoms with Crippen molar-refractivity contribution in [3.8, 4) is 0 Å². The van der Waals surface area contributed by atoms with Gasteiger partial charge in [-0.1, -0.05) is 11.6 Å². The summed E-state index contributed by atoms with van der Waals surface area (Å²) < 4.78 is 0.736. The van der Waals surface area contributed by atoms with Crippen LogP contribution in [0.3, 0.4) is 0 Å². The van der Waals surface area contributed by atoms with Crippen molar-refractivity contribution in [2.24, 2.45) is 0 Å². The number of benzene rings is 1. The third-order valence-electron chi connectivity index (χ3n) is 2.25. The van der Waals surface area contributed by atoms with Crippen molar-refractivity contribution in [1.82, 2.24) is 4.98 Å². The zero-order chi connectivity index (χ0) is 13.1. The minimum atomic E-state index is -1.03. The highest BCUT2D eigenvalue weighted by atomic mass is 79.9. The third kappa shape index (κ3) is 2.80. The molecule has 2 rings (SSSR count). The van der Waals surface area contributed by atoms with E-state index in [4.69, 9.17) is 16.7 Å². The molecule has 0 bridgehead atoms. The lowest BCUT2D eigenvalue weighted by Crippen LogP contribution is -2.03. The fourth-order valence-corrected chi connectivity index (χ4v) is 1.90. The molecule has 0 unspecified atom stereocenters. The molecule has 1 aromatic carbocycles. The van der Waals surface area contributed by atoms with Crippen molar-refractivity contribution >= 4 is 44.9 Å². The number of anilines is 2. The van der Waals surface area contributed by atoms with Crippen molar-refractivity contribution in [2.45, 2.75) is 0 Å². The lowest BCUT2D eigenvalue weighted by molar-refractivity contribution is 0.0697. The minimum absolute atomic E-state index is 0.114. The van der Waals surface area contributed by atoms with E-state index in [9.17, 15) is 4.79 Å². The Morgan fingerprint density at radius 2 is 2.17 bits per heavy atom. The lowest BCUT2D eigenvalue weighted by atomic mass is 10.2. The molecule has 6 heteroatoms. The first-order valence-electron chi connectivity index (χ1n) is 4.97. The van der Waals surface area contributed by atoms with Crippen molar-refractivity contribution in [3.63, 3.8) is 0 Å². The van der Waals surface area contributed by atoms with Gasteiger partial charge in [-0.2, -0.15) is 0 Å². The summed E-state index contributed by atoms with van der Waals surface area (Å²) in [5.74, 6) is -1.03. The van der Waals surface area contributed by atoms with E-state index in [-0.39, 0.29) is 5.56 Å². The molecular weight excluding hydrogens is 320 g/mol. The van der Waals surface area contributed by atoms with Gasteiger partial charge in [-0.3, -0.25) is 4.98 Å². The van der Waals surface area contributed by atoms with Crippen molar-refractivity contribution < 1.29 is 9.90 Å². The Morgan fingerprint density at radius 1 is 1.39 bits per heavy atom. The van der Waals surface area contributed by atoms with E-state index in [2.05, 4.69) is 26.2 Å². The SMILES string of the molecule is O=C(O)c1cnccc1Nc1ccc(Cl)c(Br)c1. The molecule has 2 N–H and O–H groups in total. The van der Waals surface area contributed by atoms with Gasteiger partial charge in [0.2, 0.25) is 0 Å². The number of nitrogens with one attached hydrogen (secondary N) is 1. The van der Waals surface area contributed by atoms with Crippen molar-refractivity contribution in [3.05, 3.63) is 51.7 Å². The molecule has 0 aliphatic rings. The van der Waals surface area contributed by atoms with Crippen LogP contribution in [-0.2, 0) is 0 Å². The van der Waals surface area contributed by atoms with Gasteiger partial charge in [0.25, 0.3) is 0 Å². The Morgan fingerprint density at radius 3 is 2.83 bits per heavy atom. The molecule has 0 amide bonds. The first-order valence-corrected chi connectivity index (χ1v) is 6.14. The molecule has 0 atom stereocenters. The molecule has 1 heterocycles. The number of carbonyl (C=O) groups is 1. The van der Waals surface area contributed by atoms with Crippen LogP contribution in [0.15, 0.2) is 41.1 Å². The summed E-state index contributed by atoms with van der Waals surface area (Å²) in [4.78, 5) is 14.8. The molecule has 2 aromatic rings. The maximum atomic E-state index is 11.0. The van der Waals surface area contributed by atoms with Gasteiger partial charge in [0.15, 0.2) is 0 Å². The van der Waals surface area contributed by atoms with Gasteiger partial charge in [-0.15, -0.1) is 0 Å². The first kappa shape index (κ1) is 12.9. The van der Waals surface area contributed by atoms with Crippen molar-refractivity contribution in [2.75, 3.05) is 5.32 Å². The quantitative estimate of drug-likeness (QED) is 0.896. The van der Waals surface area contributed by atoms with E-state index in [0.29, 0.717) is 10.7 Å². The Labute approximate surface area is 117 Å². The van der Waals surface area contributed by atoms with Gasteiger partial charge in [0, 0.05) is 22.6 Å². The average Bonchev–Trinajstić information content (AvgIpc) is 2.34. The second kappa shape index (κ2) is 5.37. The summed E-state index contributed by atoms with van der Waals surface area (Å²) in [5, 5.41) is 12.6. The summed E-state index contributed by atoms with van der Waals surface area (Å²) in [6, 6.07) is 6.86. The summed E-state index contributed by atoms with van der Waals surface area (Å²) in [5.41, 5.74) is 1.33. The molecule has 4 nitrogen and oxygen atoms in total. The van der Waals surface area contributed by atoms with Gasteiger partial charge in [0.05, 0.1) is 10.7 Å². The van der Waals surface area contributed by atoms with Crippen LogP contribution in [0, 0.1) is 0 Å². The topological polar surface area (TPSA) is 62.2 Å². The fraction of sp³-hybridized carbons (Fsp3) is 0. The standard InChI is InChI=1S/C12H8BrClN2O2/c13-9-5-7(1-2-10(9)14)16-11-3-4-15-6-8(11)12(17)18/h1-6H,(H,15,16)(H,17,18). The Hall–Kier alpha value is -1.59. The van der Waals surface area contributed by atoms with Gasteiger partial charge < -0.3 is 10.4 Å². The summed E-state index contributed by atoms with van der Waals surface area (Å²) >= 11 is 9.19. The van der Waals surface area contributed by atoms with Crippen LogP contribution in [-0.4, -0.2) is 16.1 Å². The zero-order valence-corrected chi connectivity index (χ0v) is 11.4. The average molecular weight is 328 g/mol. The third-order valence-corrected chi connectivity index (χ3v) is 3.46. The molecule has 0 saturated carbocycles. The molecule has 0 radical (unpaired) electrons. The highest BCUT2D eigenvalue weighted by Gasteiger charge is 2.10. The Balaban J connectivity index is 2.34. The number of carboxylic acid groups (broad SMARTS) is 1. The molecule has 92 valence electrons. The molecular formula is C12H8BrClN2O2. The number of rotatable bonds is 3. The lowest BCUT2D eigenvalue weighted by Gasteiger charge is -2.09. The monoisotopic (exact) mass is 326 g/mol. The Kier molecular flexibility index (Phi) is 3.84. The second-order valence-corrected chi connectivity index (χ2v) is 4.74. The van der Waals surface area contributed by atoms with Gasteiger partial charge in [0.1, 0.15) is 5.56 Å². The molecule has 0 saturated heterocycles. The van der Waals surface area contributed by atoms with E-state index < -0.39 is 5.97 Å². The molecule has 1 aromatic heterocycles. The predicted octanol–water partition coefficient (Wildman–Crippen LogP) is 3.94. The van der Waals surface area contributed by atoms with E-state index in [0.717, 1.165) is 10.2 Å². The predicted molar refractivity (Wildman–Crippen MR) is 73.6 cm³/mol. The first-order chi connectivity index (χ1) is 8.58. The van der Waals surface area contributed by atoms with E-state index in [1.165, 1.54) is 12.4 Å². The van der Waals surface area contributed by atoms with Gasteiger partial charge >= 0.3 is 5.97 Å². The zero-order valence-electron chi connectivity index (χ0n) is 9.02. The maximum absolute atomic E-state index is 11.0. The number of halogens is 2. The van der Waals surface area contributed by atoms with Crippen LogP contribution in [0.5, 0.6) is 0 Å². The van der Waals surface area contributed by atoms with Crippen LogP contribution in [0.25, 0.3) is 0 Å². The Bertz CT molecular complexity index is 604. The van der Waals surface area contributed by atoms with Gasteiger partial charge in [-0.05, 0) is 40.2 Å². The normalized spacial score (nSPS) is 10.1. The van der Waals surface area contributed by atoms with Crippen LogP contribution in [0.2, 0.25) is 5.02 Å². The van der Waals surface area contributed by atoms with E-state index in [1.54, 1.807) is 24.3 Å². The highest BCUT2D eigenvalue weighted by molar-refractivity contribution is 9.10. The number of pyridine rings is 1. The largest absolute Gasteiger partial charge is 0.478 e. The van der Waals surface area contributed by atoms with Crippen LogP contribution in [0.1, 0.15) is 10.4 Å². The molecule has 0 aliphatic heterocycles. The number of nitrogens with zero attached hydrogens (tertiary/aromatic N) is 1. The second-order valence-electron chi connectivity index (χ2n) is 3.48. The highest BCUT2D eigenvalue weighted by Crippen LogP contribution is 2.28. The van der Waals surface area contributed by atoms with E-state index in [1.807, 2.05) is 0 Å². The van der Waals surface area contributed by atoms with E-state index >= 15 is 0 Å². The van der Waals surface area contributed by atoms with Crippen LogP contribution < -0.4 is 5.32 Å². The van der Waals surface area contributed by atoms with Crippen LogP contribution in [0.4, 0.5) is 11.4 Å². The molecule has 0 spiro atoms. The summed E-state index contributed by atoms with van der Waals surface area (Å²) in [7, 11) is 0. The molecule has 18 heavy (non-hydrogen) atoms. The number of hydrogen-bond donors (Lipinski definition) is 2. The van der Waals surface area contributed by atoms with Crippen molar-refractivity contribution in [1.29, 1.82) is 0 Å². The number of aromatic nitrogens is 1.